The summed E-state index contributed by atoms with van der Waals surface area (Å²) in [5, 5.41) is 16.5. The van der Waals surface area contributed by atoms with Crippen molar-refractivity contribution >= 4 is 15.7 Å². The summed E-state index contributed by atoms with van der Waals surface area (Å²) in [4.78, 5) is 2.20. The van der Waals surface area contributed by atoms with E-state index in [0.717, 1.165) is 5.56 Å². The molecule has 1 heterocycles. The Balaban J connectivity index is 2.23. The molecule has 1 aromatic carbocycles. The monoisotopic (exact) mass is 316 g/mol. The lowest BCUT2D eigenvalue weighted by molar-refractivity contribution is 0.601. The van der Waals surface area contributed by atoms with E-state index in [-0.39, 0.29) is 11.7 Å². The van der Waals surface area contributed by atoms with Crippen molar-refractivity contribution in [2.45, 2.75) is 17.9 Å². The second-order valence-corrected chi connectivity index (χ2v) is 7.03. The van der Waals surface area contributed by atoms with E-state index in [1.165, 1.54) is 6.26 Å². The van der Waals surface area contributed by atoms with E-state index in [2.05, 4.69) is 10.2 Å². The maximum absolute atomic E-state index is 11.5. The van der Waals surface area contributed by atoms with Crippen molar-refractivity contribution in [3.63, 3.8) is 0 Å². The van der Waals surface area contributed by atoms with Crippen LogP contribution < -0.4 is 4.90 Å². The largest absolute Gasteiger partial charge is 0.351 e. The van der Waals surface area contributed by atoms with E-state index in [1.807, 2.05) is 24.9 Å². The minimum atomic E-state index is -3.19. The summed E-state index contributed by atoms with van der Waals surface area (Å²) < 4.78 is 22.9. The number of hydrogen-bond donors (Lipinski definition) is 0. The molecule has 0 radical (unpaired) electrons. The smallest absolute Gasteiger partial charge is 0.175 e. The Hall–Kier alpha value is -2.46. The Morgan fingerprint density at radius 1 is 1.14 bits per heavy atom. The fraction of sp³-hybridized carbons (Fsp3) is 0.267. The lowest BCUT2D eigenvalue weighted by Crippen LogP contribution is -2.23. The first-order valence-electron chi connectivity index (χ1n) is 6.59. The van der Waals surface area contributed by atoms with Crippen molar-refractivity contribution in [3.05, 3.63) is 47.7 Å². The lowest BCUT2D eigenvalue weighted by Gasteiger charge is -2.26. The summed E-state index contributed by atoms with van der Waals surface area (Å²) in [5.41, 5.74) is 1.23. The molecule has 0 fully saturated rings. The van der Waals surface area contributed by atoms with Gasteiger partial charge in [0, 0.05) is 13.3 Å². The fourth-order valence-corrected chi connectivity index (χ4v) is 2.62. The van der Waals surface area contributed by atoms with E-state index in [1.54, 1.807) is 36.4 Å². The maximum atomic E-state index is 11.5. The molecule has 0 N–H and O–H groups in total. The molecule has 6 nitrogen and oxygen atoms in total. The minimum Gasteiger partial charge on any atom is -0.351 e. The van der Waals surface area contributed by atoms with Gasteiger partial charge in [-0.1, -0.05) is 12.1 Å². The van der Waals surface area contributed by atoms with Crippen LogP contribution in [0.25, 0.3) is 0 Å². The molecule has 0 aliphatic carbocycles. The van der Waals surface area contributed by atoms with Crippen LogP contribution in [0.3, 0.4) is 0 Å². The Morgan fingerprint density at radius 3 is 2.23 bits per heavy atom. The molecule has 2 rings (SSSR count). The first-order valence-corrected chi connectivity index (χ1v) is 8.49. The third-order valence-corrected chi connectivity index (χ3v) is 4.63. The molecular weight excluding hydrogens is 300 g/mol. The van der Waals surface area contributed by atoms with Crippen LogP contribution >= 0.6 is 0 Å². The van der Waals surface area contributed by atoms with Crippen molar-refractivity contribution in [2.24, 2.45) is 0 Å². The van der Waals surface area contributed by atoms with Crippen molar-refractivity contribution < 1.29 is 8.42 Å². The average molecular weight is 316 g/mol. The standard InChI is InChI=1S/C15H16N4O2S/c1-11(12-4-7-14(8-5-12)22(3,20)21)19(2)15-9-6-13(10-16)17-18-15/h4-9,11H,1-3H3. The van der Waals surface area contributed by atoms with Gasteiger partial charge in [-0.05, 0) is 36.8 Å². The van der Waals surface area contributed by atoms with Gasteiger partial charge < -0.3 is 4.90 Å². The van der Waals surface area contributed by atoms with Crippen molar-refractivity contribution in [2.75, 3.05) is 18.2 Å². The number of aromatic nitrogens is 2. The van der Waals surface area contributed by atoms with Gasteiger partial charge in [0.15, 0.2) is 21.3 Å². The normalized spacial score (nSPS) is 12.5. The zero-order valence-corrected chi connectivity index (χ0v) is 13.4. The van der Waals surface area contributed by atoms with Crippen molar-refractivity contribution in [1.82, 2.24) is 10.2 Å². The molecule has 0 bridgehead atoms. The third kappa shape index (κ3) is 3.40. The first kappa shape index (κ1) is 15.9. The molecule has 2 aromatic rings. The molecule has 1 unspecified atom stereocenters. The number of benzene rings is 1. The van der Waals surface area contributed by atoms with Gasteiger partial charge in [0.2, 0.25) is 0 Å². The van der Waals surface area contributed by atoms with Crippen LogP contribution in [0.15, 0.2) is 41.3 Å². The van der Waals surface area contributed by atoms with Crippen LogP contribution in [-0.2, 0) is 9.84 Å². The van der Waals surface area contributed by atoms with Crippen LogP contribution in [-0.4, -0.2) is 31.9 Å². The molecule has 114 valence electrons. The Bertz CT molecular complexity index is 793. The summed E-state index contributed by atoms with van der Waals surface area (Å²) in [6.07, 6.45) is 1.18. The molecule has 0 aliphatic heterocycles. The summed E-state index contributed by atoms with van der Waals surface area (Å²) in [6.45, 7) is 1.98. The predicted octanol–water partition coefficient (Wildman–Crippen LogP) is 1.95. The molecule has 0 saturated carbocycles. The number of hydrogen-bond acceptors (Lipinski definition) is 6. The second kappa shape index (κ2) is 6.12. The topological polar surface area (TPSA) is 87.0 Å². The van der Waals surface area contributed by atoms with E-state index < -0.39 is 9.84 Å². The van der Waals surface area contributed by atoms with Gasteiger partial charge in [-0.2, -0.15) is 5.26 Å². The Kier molecular flexibility index (Phi) is 4.43. The summed E-state index contributed by atoms with van der Waals surface area (Å²) in [7, 11) is -1.33. The summed E-state index contributed by atoms with van der Waals surface area (Å²) in [5.74, 6) is 0.638. The van der Waals surface area contributed by atoms with Crippen molar-refractivity contribution in [3.8, 4) is 6.07 Å². The molecule has 0 saturated heterocycles. The van der Waals surface area contributed by atoms with E-state index >= 15 is 0 Å². The highest BCUT2D eigenvalue weighted by molar-refractivity contribution is 7.90. The van der Waals surface area contributed by atoms with E-state index in [4.69, 9.17) is 5.26 Å². The molecule has 1 atom stereocenters. The van der Waals surface area contributed by atoms with Gasteiger partial charge >= 0.3 is 0 Å². The van der Waals surface area contributed by atoms with Gasteiger partial charge in [-0.3, -0.25) is 0 Å². The molecule has 0 aliphatic rings. The number of rotatable bonds is 4. The highest BCUT2D eigenvalue weighted by Crippen LogP contribution is 2.24. The van der Waals surface area contributed by atoms with Crippen LogP contribution in [0.1, 0.15) is 24.2 Å². The molecule has 0 amide bonds. The first-order chi connectivity index (χ1) is 10.3. The number of anilines is 1. The van der Waals surface area contributed by atoms with Gasteiger partial charge in [-0.25, -0.2) is 8.42 Å². The predicted molar refractivity (Wildman–Crippen MR) is 83.1 cm³/mol. The van der Waals surface area contributed by atoms with Crippen molar-refractivity contribution in [1.29, 1.82) is 5.26 Å². The number of sulfone groups is 1. The lowest BCUT2D eigenvalue weighted by atomic mass is 10.1. The number of nitriles is 1. The third-order valence-electron chi connectivity index (χ3n) is 3.50. The minimum absolute atomic E-state index is 0.0177. The highest BCUT2D eigenvalue weighted by atomic mass is 32.2. The molecule has 1 aromatic heterocycles. The molecule has 22 heavy (non-hydrogen) atoms. The van der Waals surface area contributed by atoms with Crippen LogP contribution in [0.2, 0.25) is 0 Å². The zero-order chi connectivity index (χ0) is 16.3. The van der Waals surface area contributed by atoms with Crippen LogP contribution in [0.4, 0.5) is 5.82 Å². The van der Waals surface area contributed by atoms with Crippen LogP contribution in [0, 0.1) is 11.3 Å². The molecular formula is C15H16N4O2S. The SMILES string of the molecule is CC(c1ccc(S(C)(=O)=O)cc1)N(C)c1ccc(C#N)nn1. The maximum Gasteiger partial charge on any atom is 0.175 e. The van der Waals surface area contributed by atoms with Gasteiger partial charge in [-0.15, -0.1) is 10.2 Å². The second-order valence-electron chi connectivity index (χ2n) is 5.02. The summed E-state index contributed by atoms with van der Waals surface area (Å²) in [6, 6.07) is 12.0. The van der Waals surface area contributed by atoms with E-state index in [9.17, 15) is 8.42 Å². The quantitative estimate of drug-likeness (QED) is 0.857. The molecule has 0 spiro atoms. The summed E-state index contributed by atoms with van der Waals surface area (Å²) >= 11 is 0. The van der Waals surface area contributed by atoms with E-state index in [0.29, 0.717) is 10.7 Å². The Labute approximate surface area is 129 Å². The van der Waals surface area contributed by atoms with Crippen LogP contribution in [0.5, 0.6) is 0 Å². The number of nitrogens with zero attached hydrogens (tertiary/aromatic N) is 4. The van der Waals surface area contributed by atoms with Gasteiger partial charge in [0.1, 0.15) is 6.07 Å². The average Bonchev–Trinajstić information content (AvgIpc) is 2.53. The zero-order valence-electron chi connectivity index (χ0n) is 12.6. The molecule has 7 heteroatoms. The highest BCUT2D eigenvalue weighted by Gasteiger charge is 2.15. The van der Waals surface area contributed by atoms with Gasteiger partial charge in [0.05, 0.1) is 10.9 Å². The van der Waals surface area contributed by atoms with Gasteiger partial charge in [0.25, 0.3) is 0 Å². The fourth-order valence-electron chi connectivity index (χ4n) is 1.99. The Morgan fingerprint density at radius 2 is 1.77 bits per heavy atom.